The van der Waals surface area contributed by atoms with Crippen LogP contribution in [0.2, 0.25) is 0 Å². The molecular weight excluding hydrogens is 262 g/mol. The van der Waals surface area contributed by atoms with E-state index in [1.54, 1.807) is 0 Å². The Morgan fingerprint density at radius 1 is 0.762 bits per heavy atom. The van der Waals surface area contributed by atoms with Gasteiger partial charge in [-0.2, -0.15) is 0 Å². The minimum Gasteiger partial charge on any atom is -0.480 e. The Bertz CT molecular complexity index is 231. The van der Waals surface area contributed by atoms with Crippen LogP contribution in [0.1, 0.15) is 103 Å². The molecule has 21 heavy (non-hydrogen) atoms. The van der Waals surface area contributed by atoms with Crippen LogP contribution < -0.4 is 5.73 Å². The number of aliphatic carboxylic acids is 1. The predicted molar refractivity (Wildman–Crippen MR) is 90.5 cm³/mol. The summed E-state index contributed by atoms with van der Waals surface area (Å²) in [6.45, 7) is 2.26. The Morgan fingerprint density at radius 2 is 1.10 bits per heavy atom. The first-order valence-electron chi connectivity index (χ1n) is 9.17. The van der Waals surface area contributed by atoms with E-state index in [0.717, 1.165) is 12.8 Å². The summed E-state index contributed by atoms with van der Waals surface area (Å²) in [7, 11) is 0. The molecule has 0 bridgehead atoms. The lowest BCUT2D eigenvalue weighted by Crippen LogP contribution is -2.29. The monoisotopic (exact) mass is 299 g/mol. The highest BCUT2D eigenvalue weighted by Gasteiger charge is 2.09. The van der Waals surface area contributed by atoms with E-state index in [-0.39, 0.29) is 0 Å². The number of carboxylic acids is 1. The van der Waals surface area contributed by atoms with Gasteiger partial charge in [-0.15, -0.1) is 0 Å². The Balaban J connectivity index is 3.04. The van der Waals surface area contributed by atoms with Crippen molar-refractivity contribution in [2.24, 2.45) is 5.73 Å². The average Bonchev–Trinajstić information content (AvgIpc) is 2.47. The smallest absolute Gasteiger partial charge is 0.320 e. The van der Waals surface area contributed by atoms with Crippen LogP contribution in [0.15, 0.2) is 0 Å². The molecule has 0 aromatic heterocycles. The molecule has 0 fully saturated rings. The van der Waals surface area contributed by atoms with Crippen molar-refractivity contribution in [3.63, 3.8) is 0 Å². The zero-order valence-corrected chi connectivity index (χ0v) is 14.1. The van der Waals surface area contributed by atoms with Gasteiger partial charge in [0.1, 0.15) is 6.04 Å². The molecule has 0 aliphatic heterocycles. The zero-order chi connectivity index (χ0) is 15.8. The molecule has 3 N–H and O–H groups in total. The highest BCUT2D eigenvalue weighted by atomic mass is 16.4. The lowest BCUT2D eigenvalue weighted by atomic mass is 10.0. The van der Waals surface area contributed by atoms with E-state index < -0.39 is 12.0 Å². The van der Waals surface area contributed by atoms with Crippen molar-refractivity contribution in [2.75, 3.05) is 0 Å². The SMILES string of the molecule is CCCCCCCCCCCCCCCC[C@@H](N)C(=O)O. The minimum absolute atomic E-state index is 0.618. The minimum atomic E-state index is -0.871. The Kier molecular flexibility index (Phi) is 15.4. The van der Waals surface area contributed by atoms with Gasteiger partial charge in [0.25, 0.3) is 0 Å². The maximum Gasteiger partial charge on any atom is 0.320 e. The number of unbranched alkanes of at least 4 members (excludes halogenated alkanes) is 13. The van der Waals surface area contributed by atoms with Gasteiger partial charge < -0.3 is 10.8 Å². The highest BCUT2D eigenvalue weighted by Crippen LogP contribution is 2.13. The summed E-state index contributed by atoms with van der Waals surface area (Å²) < 4.78 is 0. The normalized spacial score (nSPS) is 12.5. The van der Waals surface area contributed by atoms with E-state index in [1.165, 1.54) is 77.0 Å². The fourth-order valence-electron chi connectivity index (χ4n) is 2.68. The molecule has 0 heterocycles. The maximum absolute atomic E-state index is 10.5. The Morgan fingerprint density at radius 3 is 1.43 bits per heavy atom. The third kappa shape index (κ3) is 15.6. The van der Waals surface area contributed by atoms with E-state index in [1.807, 2.05) is 0 Å². The largest absolute Gasteiger partial charge is 0.480 e. The first kappa shape index (κ1) is 20.4. The van der Waals surface area contributed by atoms with Crippen LogP contribution in [0.5, 0.6) is 0 Å². The first-order chi connectivity index (χ1) is 10.2. The van der Waals surface area contributed by atoms with Gasteiger partial charge >= 0.3 is 5.97 Å². The van der Waals surface area contributed by atoms with Crippen LogP contribution >= 0.6 is 0 Å². The van der Waals surface area contributed by atoms with E-state index in [9.17, 15) is 4.79 Å². The van der Waals surface area contributed by atoms with Gasteiger partial charge in [-0.25, -0.2) is 0 Å². The van der Waals surface area contributed by atoms with E-state index in [0.29, 0.717) is 6.42 Å². The van der Waals surface area contributed by atoms with Crippen LogP contribution in [-0.2, 0) is 4.79 Å². The van der Waals surface area contributed by atoms with Crippen LogP contribution in [0.25, 0.3) is 0 Å². The van der Waals surface area contributed by atoms with Gasteiger partial charge in [0.2, 0.25) is 0 Å². The van der Waals surface area contributed by atoms with Crippen molar-refractivity contribution in [3.05, 3.63) is 0 Å². The molecule has 3 heteroatoms. The van der Waals surface area contributed by atoms with Crippen LogP contribution in [-0.4, -0.2) is 17.1 Å². The van der Waals surface area contributed by atoms with Crippen molar-refractivity contribution < 1.29 is 9.90 Å². The number of carbonyl (C=O) groups is 1. The summed E-state index contributed by atoms with van der Waals surface area (Å²) in [5.41, 5.74) is 5.46. The fraction of sp³-hybridized carbons (Fsp3) is 0.944. The molecule has 0 radical (unpaired) electrons. The van der Waals surface area contributed by atoms with Crippen molar-refractivity contribution in [1.29, 1.82) is 0 Å². The molecule has 0 amide bonds. The topological polar surface area (TPSA) is 63.3 Å². The maximum atomic E-state index is 10.5. The highest BCUT2D eigenvalue weighted by molar-refractivity contribution is 5.72. The zero-order valence-electron chi connectivity index (χ0n) is 14.1. The second kappa shape index (κ2) is 15.8. The second-order valence-electron chi connectivity index (χ2n) is 6.33. The van der Waals surface area contributed by atoms with Crippen LogP contribution in [0.4, 0.5) is 0 Å². The van der Waals surface area contributed by atoms with Crippen molar-refractivity contribution in [3.8, 4) is 0 Å². The lowest BCUT2D eigenvalue weighted by Gasteiger charge is -2.06. The number of hydrogen-bond acceptors (Lipinski definition) is 2. The molecule has 0 aliphatic rings. The summed E-state index contributed by atoms with van der Waals surface area (Å²) in [5.74, 6) is -0.871. The second-order valence-corrected chi connectivity index (χ2v) is 6.33. The van der Waals surface area contributed by atoms with Gasteiger partial charge in [0.15, 0.2) is 0 Å². The molecule has 3 nitrogen and oxygen atoms in total. The van der Waals surface area contributed by atoms with Gasteiger partial charge in [0, 0.05) is 0 Å². The summed E-state index contributed by atoms with van der Waals surface area (Å²) in [4.78, 5) is 10.5. The van der Waals surface area contributed by atoms with Gasteiger partial charge in [-0.3, -0.25) is 4.79 Å². The van der Waals surface area contributed by atoms with Crippen molar-refractivity contribution >= 4 is 5.97 Å². The Hall–Kier alpha value is -0.570. The van der Waals surface area contributed by atoms with Crippen LogP contribution in [0, 0.1) is 0 Å². The van der Waals surface area contributed by atoms with E-state index in [2.05, 4.69) is 6.92 Å². The molecule has 0 unspecified atom stereocenters. The molecule has 0 aromatic rings. The predicted octanol–water partition coefficient (Wildman–Crippen LogP) is 5.27. The Labute approximate surface area is 131 Å². The number of carboxylic acid groups (broad SMARTS) is 1. The third-order valence-corrected chi connectivity index (χ3v) is 4.19. The quantitative estimate of drug-likeness (QED) is 0.382. The van der Waals surface area contributed by atoms with E-state index >= 15 is 0 Å². The molecule has 0 aromatic carbocycles. The van der Waals surface area contributed by atoms with Gasteiger partial charge in [-0.1, -0.05) is 96.8 Å². The van der Waals surface area contributed by atoms with Crippen molar-refractivity contribution in [1.82, 2.24) is 0 Å². The average molecular weight is 299 g/mol. The summed E-state index contributed by atoms with van der Waals surface area (Å²) in [5, 5.41) is 8.66. The molecule has 126 valence electrons. The summed E-state index contributed by atoms with van der Waals surface area (Å²) in [6, 6.07) is -0.665. The van der Waals surface area contributed by atoms with Gasteiger partial charge in [-0.05, 0) is 6.42 Å². The van der Waals surface area contributed by atoms with Crippen molar-refractivity contribution in [2.45, 2.75) is 109 Å². The fourth-order valence-corrected chi connectivity index (χ4v) is 2.68. The molecule has 1 atom stereocenters. The summed E-state index contributed by atoms with van der Waals surface area (Å²) in [6.07, 6.45) is 19.1. The van der Waals surface area contributed by atoms with E-state index in [4.69, 9.17) is 10.8 Å². The number of hydrogen-bond donors (Lipinski definition) is 2. The number of nitrogens with two attached hydrogens (primary N) is 1. The third-order valence-electron chi connectivity index (χ3n) is 4.19. The first-order valence-corrected chi connectivity index (χ1v) is 9.17. The molecular formula is C18H37NO2. The summed E-state index contributed by atoms with van der Waals surface area (Å²) >= 11 is 0. The van der Waals surface area contributed by atoms with Crippen LogP contribution in [0.3, 0.4) is 0 Å². The molecule has 0 aliphatic carbocycles. The molecule has 0 saturated heterocycles. The standard InChI is InChI=1S/C18H37NO2/c1-2-3-4-5-6-7-8-9-10-11-12-13-14-15-16-17(19)18(20)21/h17H,2-16,19H2,1H3,(H,20,21)/t17-/m1/s1. The molecule has 0 spiro atoms. The lowest BCUT2D eigenvalue weighted by molar-refractivity contribution is -0.138. The molecule has 0 rings (SSSR count). The number of rotatable bonds is 16. The molecule has 0 saturated carbocycles. The van der Waals surface area contributed by atoms with Gasteiger partial charge in [0.05, 0.1) is 0 Å².